The number of hydrogen-bond acceptors (Lipinski definition) is 5. The van der Waals surface area contributed by atoms with Crippen LogP contribution in [-0.2, 0) is 10.0 Å². The highest BCUT2D eigenvalue weighted by molar-refractivity contribution is 7.89. The number of alkyl halides is 4. The fraction of sp³-hybridized carbons (Fsp3) is 0.333. The van der Waals surface area contributed by atoms with Crippen molar-refractivity contribution < 1.29 is 30.9 Å². The molecule has 0 saturated carbocycles. The summed E-state index contributed by atoms with van der Waals surface area (Å²) >= 11 is 0. The Hall–Kier alpha value is -1.95. The maximum atomic E-state index is 12.7. The highest BCUT2D eigenvalue weighted by Gasteiger charge is 2.41. The Labute approximate surface area is 115 Å². The smallest absolute Gasteiger partial charge is 0.320 e. The second kappa shape index (κ2) is 5.81. The normalized spacial score (nSPS) is 12.6. The van der Waals surface area contributed by atoms with Crippen LogP contribution < -0.4 is 10.5 Å². The highest BCUT2D eigenvalue weighted by Crippen LogP contribution is 2.25. The van der Waals surface area contributed by atoms with Crippen LogP contribution in [0.25, 0.3) is 0 Å². The Morgan fingerprint density at radius 2 is 1.95 bits per heavy atom. The summed E-state index contributed by atoms with van der Waals surface area (Å²) in [5.41, 5.74) is 4.16. The number of nitrogen functional groups attached to an aromatic ring is 1. The van der Waals surface area contributed by atoms with Crippen molar-refractivity contribution in [3.63, 3.8) is 0 Å². The van der Waals surface area contributed by atoms with E-state index in [1.54, 1.807) is 0 Å². The van der Waals surface area contributed by atoms with Gasteiger partial charge in [0.15, 0.2) is 0 Å². The molecule has 1 aromatic carbocycles. The SMILES string of the molecule is Nc1cc(S(=O)(=O)NCC(F)(F)C(F)F)ccc1[N+](=O)[O-]. The molecular weight excluding hydrogens is 322 g/mol. The number of nitro groups is 1. The summed E-state index contributed by atoms with van der Waals surface area (Å²) in [6, 6.07) is 2.17. The molecule has 3 N–H and O–H groups in total. The minimum atomic E-state index is -4.56. The van der Waals surface area contributed by atoms with E-state index in [0.29, 0.717) is 6.07 Å². The fourth-order valence-electron chi connectivity index (χ4n) is 1.22. The molecule has 1 rings (SSSR count). The summed E-state index contributed by atoms with van der Waals surface area (Å²) in [6.45, 7) is -1.82. The average molecular weight is 331 g/mol. The van der Waals surface area contributed by atoms with Crippen molar-refractivity contribution in [3.05, 3.63) is 28.3 Å². The number of nitro benzene ring substituents is 1. The van der Waals surface area contributed by atoms with Crippen molar-refractivity contribution in [3.8, 4) is 0 Å². The Morgan fingerprint density at radius 1 is 1.38 bits per heavy atom. The number of nitrogens with zero attached hydrogens (tertiary/aromatic N) is 1. The molecule has 118 valence electrons. The first-order chi connectivity index (χ1) is 9.47. The van der Waals surface area contributed by atoms with Gasteiger partial charge in [-0.15, -0.1) is 0 Å². The van der Waals surface area contributed by atoms with Gasteiger partial charge in [-0.05, 0) is 12.1 Å². The quantitative estimate of drug-likeness (QED) is 0.353. The van der Waals surface area contributed by atoms with E-state index < -0.39 is 50.1 Å². The van der Waals surface area contributed by atoms with E-state index in [1.807, 2.05) is 0 Å². The van der Waals surface area contributed by atoms with Crippen LogP contribution in [0.15, 0.2) is 23.1 Å². The monoisotopic (exact) mass is 331 g/mol. The summed E-state index contributed by atoms with van der Waals surface area (Å²) in [4.78, 5) is 8.97. The van der Waals surface area contributed by atoms with Crippen LogP contribution in [0.3, 0.4) is 0 Å². The van der Waals surface area contributed by atoms with Crippen LogP contribution in [0.1, 0.15) is 0 Å². The lowest BCUT2D eigenvalue weighted by atomic mass is 10.3. The topological polar surface area (TPSA) is 115 Å². The molecule has 0 aliphatic carbocycles. The van der Waals surface area contributed by atoms with E-state index in [1.165, 1.54) is 4.72 Å². The molecular formula is C9H9F4N3O4S. The Balaban J connectivity index is 2.99. The summed E-state index contributed by atoms with van der Waals surface area (Å²) in [5, 5.41) is 10.5. The van der Waals surface area contributed by atoms with Crippen molar-refractivity contribution in [1.29, 1.82) is 0 Å². The third kappa shape index (κ3) is 4.01. The molecule has 0 unspecified atom stereocenters. The first-order valence-corrected chi connectivity index (χ1v) is 6.65. The molecule has 12 heteroatoms. The largest absolute Gasteiger partial charge is 0.393 e. The lowest BCUT2D eigenvalue weighted by molar-refractivity contribution is -0.383. The van der Waals surface area contributed by atoms with Gasteiger partial charge in [-0.25, -0.2) is 21.9 Å². The molecule has 0 atom stereocenters. The van der Waals surface area contributed by atoms with Crippen LogP contribution in [0.5, 0.6) is 0 Å². The Kier molecular flexibility index (Phi) is 4.73. The zero-order valence-corrected chi connectivity index (χ0v) is 10.9. The van der Waals surface area contributed by atoms with E-state index >= 15 is 0 Å². The molecule has 0 amide bonds. The number of rotatable bonds is 6. The standard InChI is InChI=1S/C9H9F4N3O4S/c10-8(11)9(12,13)4-15-21(19,20)5-1-2-7(16(17)18)6(14)3-5/h1-3,8,15H,4,14H2. The Morgan fingerprint density at radius 3 is 2.38 bits per heavy atom. The van der Waals surface area contributed by atoms with E-state index in [4.69, 9.17) is 5.73 Å². The second-order valence-electron chi connectivity index (χ2n) is 3.86. The van der Waals surface area contributed by atoms with Crippen LogP contribution in [-0.4, -0.2) is 32.2 Å². The van der Waals surface area contributed by atoms with Crippen molar-refractivity contribution in [2.24, 2.45) is 0 Å². The minimum Gasteiger partial charge on any atom is -0.393 e. The molecule has 0 bridgehead atoms. The van der Waals surface area contributed by atoms with Gasteiger partial charge in [0.25, 0.3) is 5.69 Å². The maximum Gasteiger partial charge on any atom is 0.320 e. The number of anilines is 1. The fourth-order valence-corrected chi connectivity index (χ4v) is 2.30. The first kappa shape index (κ1) is 17.1. The van der Waals surface area contributed by atoms with Crippen LogP contribution in [0, 0.1) is 10.1 Å². The number of nitrogens with one attached hydrogen (secondary N) is 1. The number of halogens is 4. The molecule has 0 saturated heterocycles. The minimum absolute atomic E-state index is 0.511. The lowest BCUT2D eigenvalue weighted by Crippen LogP contribution is -2.41. The zero-order chi connectivity index (χ0) is 16.4. The summed E-state index contributed by atoms with van der Waals surface area (Å²) in [7, 11) is -4.56. The molecule has 0 fully saturated rings. The summed E-state index contributed by atoms with van der Waals surface area (Å²) in [6.07, 6.45) is -4.04. The van der Waals surface area contributed by atoms with Gasteiger partial charge in [0.1, 0.15) is 5.69 Å². The summed E-state index contributed by atoms with van der Waals surface area (Å²) in [5.74, 6) is -4.54. The van der Waals surface area contributed by atoms with Gasteiger partial charge in [-0.3, -0.25) is 10.1 Å². The van der Waals surface area contributed by atoms with Crippen molar-refractivity contribution >= 4 is 21.4 Å². The first-order valence-electron chi connectivity index (χ1n) is 5.17. The van der Waals surface area contributed by atoms with E-state index in [-0.39, 0.29) is 0 Å². The van der Waals surface area contributed by atoms with Crippen molar-refractivity contribution in [2.75, 3.05) is 12.3 Å². The molecule has 0 heterocycles. The summed E-state index contributed by atoms with van der Waals surface area (Å²) < 4.78 is 73.7. The third-order valence-electron chi connectivity index (χ3n) is 2.32. The van der Waals surface area contributed by atoms with Gasteiger partial charge >= 0.3 is 12.3 Å². The van der Waals surface area contributed by atoms with Gasteiger partial charge in [0.2, 0.25) is 10.0 Å². The van der Waals surface area contributed by atoms with Crippen LogP contribution in [0.2, 0.25) is 0 Å². The van der Waals surface area contributed by atoms with Gasteiger partial charge in [0, 0.05) is 6.07 Å². The maximum absolute atomic E-state index is 12.7. The Bertz CT molecular complexity index is 650. The van der Waals surface area contributed by atoms with Gasteiger partial charge in [-0.2, -0.15) is 8.78 Å². The van der Waals surface area contributed by atoms with Gasteiger partial charge < -0.3 is 5.73 Å². The molecule has 1 aromatic rings. The zero-order valence-electron chi connectivity index (χ0n) is 10.1. The molecule has 0 radical (unpaired) electrons. The molecule has 7 nitrogen and oxygen atoms in total. The lowest BCUT2D eigenvalue weighted by Gasteiger charge is -2.16. The van der Waals surface area contributed by atoms with Crippen molar-refractivity contribution in [2.45, 2.75) is 17.2 Å². The van der Waals surface area contributed by atoms with Crippen LogP contribution >= 0.6 is 0 Å². The van der Waals surface area contributed by atoms with Gasteiger partial charge in [0.05, 0.1) is 16.4 Å². The molecule has 0 spiro atoms. The molecule has 21 heavy (non-hydrogen) atoms. The molecule has 0 aliphatic rings. The van der Waals surface area contributed by atoms with E-state index in [0.717, 1.165) is 12.1 Å². The predicted molar refractivity (Wildman–Crippen MR) is 63.6 cm³/mol. The number of benzene rings is 1. The third-order valence-corrected chi connectivity index (χ3v) is 3.72. The number of sulfonamides is 1. The highest BCUT2D eigenvalue weighted by atomic mass is 32.2. The predicted octanol–water partition coefficient (Wildman–Crippen LogP) is 1.36. The second-order valence-corrected chi connectivity index (χ2v) is 5.63. The van der Waals surface area contributed by atoms with E-state index in [2.05, 4.69) is 0 Å². The van der Waals surface area contributed by atoms with Crippen molar-refractivity contribution in [1.82, 2.24) is 4.72 Å². The molecule has 0 aliphatic heterocycles. The number of hydrogen-bond donors (Lipinski definition) is 2. The van der Waals surface area contributed by atoms with Crippen LogP contribution in [0.4, 0.5) is 28.9 Å². The number of nitrogens with two attached hydrogens (primary N) is 1. The van der Waals surface area contributed by atoms with E-state index in [9.17, 15) is 36.1 Å². The average Bonchev–Trinajstić information content (AvgIpc) is 2.36. The van der Waals surface area contributed by atoms with Gasteiger partial charge in [-0.1, -0.05) is 0 Å². The molecule has 0 aromatic heterocycles.